The van der Waals surface area contributed by atoms with Crippen molar-refractivity contribution in [1.82, 2.24) is 19.6 Å². The van der Waals surface area contributed by atoms with Crippen molar-refractivity contribution in [2.45, 2.75) is 31.4 Å². The second kappa shape index (κ2) is 16.3. The van der Waals surface area contributed by atoms with Crippen LogP contribution < -0.4 is 0 Å². The molecular weight excluding hydrogens is 468 g/mol. The number of aliphatic hydroxyl groups is 2. The van der Waals surface area contributed by atoms with Gasteiger partial charge < -0.3 is 30.6 Å². The first-order chi connectivity index (χ1) is 16.5. The molecule has 0 aromatic heterocycles. The Hall–Kier alpha value is -2.36. The molecule has 2 unspecified atom stereocenters. The van der Waals surface area contributed by atoms with Crippen LogP contribution in [0.2, 0.25) is 0 Å². The third-order valence-electron chi connectivity index (χ3n) is 5.86. The van der Waals surface area contributed by atoms with Crippen LogP contribution in [0.3, 0.4) is 0 Å². The molecule has 6 N–H and O–H groups in total. The predicted molar refractivity (Wildman–Crippen MR) is 122 cm³/mol. The lowest BCUT2D eigenvalue weighted by atomic mass is 10.1. The van der Waals surface area contributed by atoms with Crippen LogP contribution in [-0.2, 0) is 19.2 Å². The van der Waals surface area contributed by atoms with E-state index < -0.39 is 42.6 Å². The summed E-state index contributed by atoms with van der Waals surface area (Å²) in [6.07, 6.45) is -0.931. The first-order valence-electron chi connectivity index (χ1n) is 11.6. The summed E-state index contributed by atoms with van der Waals surface area (Å²) in [4.78, 5) is 52.4. The second-order valence-corrected chi connectivity index (χ2v) is 8.65. The standard InChI is InChI=1S/C21H38N4O10/c26-15-16(27)12-22-4-6-23(13-19(30)31)8-10-25(11-9-24(7-5-22)14-20(32)33)17(21(34)35)2-1-3-18(28)29/h16-17,26-27H,1-15H2,(H,28,29)(H,30,31)(H,32,33)(H,34,35). The van der Waals surface area contributed by atoms with Gasteiger partial charge in [0, 0.05) is 65.3 Å². The molecular formula is C21H38N4O10. The third kappa shape index (κ3) is 13.3. The highest BCUT2D eigenvalue weighted by molar-refractivity contribution is 5.73. The molecule has 0 saturated carbocycles. The monoisotopic (exact) mass is 506 g/mol. The number of β-amino-alcohol motifs (C(OH)–C–C–N with tert-alkyl or cyclic N) is 1. The normalized spacial score (nSPS) is 19.8. The Morgan fingerprint density at radius 2 is 1.14 bits per heavy atom. The molecule has 1 rings (SSSR count). The minimum absolute atomic E-state index is 0.0896. The fourth-order valence-electron chi connectivity index (χ4n) is 4.01. The molecule has 0 amide bonds. The van der Waals surface area contributed by atoms with E-state index in [0.717, 1.165) is 0 Å². The Kier molecular flexibility index (Phi) is 14.3. The van der Waals surface area contributed by atoms with E-state index in [2.05, 4.69) is 0 Å². The van der Waals surface area contributed by atoms with Crippen molar-refractivity contribution in [1.29, 1.82) is 0 Å². The van der Waals surface area contributed by atoms with Crippen LogP contribution in [0.4, 0.5) is 0 Å². The highest BCUT2D eigenvalue weighted by Gasteiger charge is 2.28. The van der Waals surface area contributed by atoms with E-state index in [1.165, 1.54) is 0 Å². The summed E-state index contributed by atoms with van der Waals surface area (Å²) in [7, 11) is 0. The van der Waals surface area contributed by atoms with Gasteiger partial charge in [0.1, 0.15) is 6.04 Å². The molecule has 202 valence electrons. The molecule has 14 nitrogen and oxygen atoms in total. The molecule has 0 radical (unpaired) electrons. The molecule has 1 heterocycles. The van der Waals surface area contributed by atoms with Crippen molar-refractivity contribution in [2.75, 3.05) is 78.6 Å². The maximum Gasteiger partial charge on any atom is 0.320 e. The number of carbonyl (C=O) groups is 4. The number of carboxylic acid groups (broad SMARTS) is 4. The van der Waals surface area contributed by atoms with E-state index in [0.29, 0.717) is 26.2 Å². The number of hydrogen-bond donors (Lipinski definition) is 6. The smallest absolute Gasteiger partial charge is 0.320 e. The summed E-state index contributed by atoms with van der Waals surface area (Å²) < 4.78 is 0. The van der Waals surface area contributed by atoms with Crippen LogP contribution in [0.1, 0.15) is 19.3 Å². The number of rotatable bonds is 13. The summed E-state index contributed by atoms with van der Waals surface area (Å²) in [5, 5.41) is 56.3. The molecule has 0 spiro atoms. The number of hydrogen-bond acceptors (Lipinski definition) is 10. The SMILES string of the molecule is O=C(O)CCCC(C(=O)O)N1CCN(CC(=O)O)CCN(CC(O)CO)CCN(CC(=O)O)CC1. The Balaban J connectivity index is 3.09. The zero-order valence-corrected chi connectivity index (χ0v) is 19.9. The van der Waals surface area contributed by atoms with Gasteiger partial charge in [0.2, 0.25) is 0 Å². The Morgan fingerprint density at radius 3 is 1.54 bits per heavy atom. The summed E-state index contributed by atoms with van der Waals surface area (Å²) in [6.45, 7) is 1.29. The van der Waals surface area contributed by atoms with E-state index in [1.54, 1.807) is 14.7 Å². The summed E-state index contributed by atoms with van der Waals surface area (Å²) >= 11 is 0. The van der Waals surface area contributed by atoms with Gasteiger partial charge in [0.05, 0.1) is 25.8 Å². The van der Waals surface area contributed by atoms with Crippen LogP contribution in [0.5, 0.6) is 0 Å². The largest absolute Gasteiger partial charge is 0.481 e. The minimum atomic E-state index is -1.12. The van der Waals surface area contributed by atoms with Crippen LogP contribution in [0, 0.1) is 0 Å². The van der Waals surface area contributed by atoms with E-state index in [4.69, 9.17) is 5.11 Å². The lowest BCUT2D eigenvalue weighted by Gasteiger charge is -2.35. The van der Waals surface area contributed by atoms with Crippen molar-refractivity contribution < 1.29 is 49.8 Å². The summed E-state index contributed by atoms with van der Waals surface area (Å²) in [5.74, 6) is -4.25. The maximum atomic E-state index is 12.0. The molecule has 14 heteroatoms. The number of nitrogens with zero attached hydrogens (tertiary/aromatic N) is 4. The first kappa shape index (κ1) is 30.7. The fraction of sp³-hybridized carbons (Fsp3) is 0.810. The maximum absolute atomic E-state index is 12.0. The predicted octanol–water partition coefficient (Wildman–Crippen LogP) is -2.56. The van der Waals surface area contributed by atoms with Gasteiger partial charge in [-0.15, -0.1) is 0 Å². The van der Waals surface area contributed by atoms with Crippen LogP contribution in [-0.4, -0.2) is 165 Å². The zero-order chi connectivity index (χ0) is 26.4. The van der Waals surface area contributed by atoms with Crippen LogP contribution >= 0.6 is 0 Å². The molecule has 1 saturated heterocycles. The van der Waals surface area contributed by atoms with Crippen LogP contribution in [0.25, 0.3) is 0 Å². The van der Waals surface area contributed by atoms with Crippen molar-refractivity contribution in [2.24, 2.45) is 0 Å². The van der Waals surface area contributed by atoms with Crippen molar-refractivity contribution >= 4 is 23.9 Å². The van der Waals surface area contributed by atoms with E-state index in [-0.39, 0.29) is 65.1 Å². The minimum Gasteiger partial charge on any atom is -0.481 e. The average molecular weight is 507 g/mol. The van der Waals surface area contributed by atoms with E-state index in [9.17, 15) is 44.7 Å². The molecule has 1 aliphatic heterocycles. The van der Waals surface area contributed by atoms with Gasteiger partial charge in [-0.2, -0.15) is 0 Å². The average Bonchev–Trinajstić information content (AvgIpc) is 2.76. The fourth-order valence-corrected chi connectivity index (χ4v) is 4.01. The van der Waals surface area contributed by atoms with Gasteiger partial charge in [0.25, 0.3) is 0 Å². The molecule has 1 fully saturated rings. The van der Waals surface area contributed by atoms with Crippen molar-refractivity contribution in [3.63, 3.8) is 0 Å². The number of aliphatic hydroxyl groups excluding tert-OH is 2. The zero-order valence-electron chi connectivity index (χ0n) is 19.9. The van der Waals surface area contributed by atoms with Crippen molar-refractivity contribution in [3.05, 3.63) is 0 Å². The van der Waals surface area contributed by atoms with Crippen molar-refractivity contribution in [3.8, 4) is 0 Å². The highest BCUT2D eigenvalue weighted by Crippen LogP contribution is 2.12. The molecule has 0 aliphatic carbocycles. The highest BCUT2D eigenvalue weighted by atomic mass is 16.4. The van der Waals surface area contributed by atoms with E-state index >= 15 is 0 Å². The van der Waals surface area contributed by atoms with Gasteiger partial charge in [-0.1, -0.05) is 0 Å². The Bertz CT molecular complexity index is 663. The lowest BCUT2D eigenvalue weighted by Crippen LogP contribution is -2.52. The number of aliphatic carboxylic acids is 4. The molecule has 1 aliphatic rings. The third-order valence-corrected chi connectivity index (χ3v) is 5.86. The Morgan fingerprint density at radius 1 is 0.686 bits per heavy atom. The van der Waals surface area contributed by atoms with E-state index in [1.807, 2.05) is 4.90 Å². The number of carboxylic acids is 4. The molecule has 2 atom stereocenters. The van der Waals surface area contributed by atoms with Gasteiger partial charge in [-0.25, -0.2) is 0 Å². The molecule has 0 aromatic carbocycles. The molecule has 0 aromatic rings. The molecule has 35 heavy (non-hydrogen) atoms. The second-order valence-electron chi connectivity index (χ2n) is 8.65. The summed E-state index contributed by atoms with van der Waals surface area (Å²) in [5.41, 5.74) is 0. The van der Waals surface area contributed by atoms with Gasteiger partial charge in [0.15, 0.2) is 0 Å². The molecule has 0 bridgehead atoms. The first-order valence-corrected chi connectivity index (χ1v) is 11.6. The van der Waals surface area contributed by atoms with Gasteiger partial charge >= 0.3 is 23.9 Å². The topological polar surface area (TPSA) is 203 Å². The lowest BCUT2D eigenvalue weighted by molar-refractivity contribution is -0.145. The quantitative estimate of drug-likeness (QED) is 0.152. The summed E-state index contributed by atoms with van der Waals surface area (Å²) in [6, 6.07) is -0.994. The van der Waals surface area contributed by atoms with Gasteiger partial charge in [-0.3, -0.25) is 38.8 Å². The van der Waals surface area contributed by atoms with Crippen LogP contribution in [0.15, 0.2) is 0 Å². The Labute approximate surface area is 203 Å². The van der Waals surface area contributed by atoms with Gasteiger partial charge in [-0.05, 0) is 12.8 Å².